The molecule has 0 aliphatic heterocycles. The van der Waals surface area contributed by atoms with Crippen LogP contribution in [0.4, 0.5) is 0 Å². The SMILES string of the molecule is c1ccc(CCNNCCc2ccncc2)nc1. The number of pyridine rings is 2. The van der Waals surface area contributed by atoms with Gasteiger partial charge in [0.05, 0.1) is 0 Å². The molecule has 0 aliphatic carbocycles. The summed E-state index contributed by atoms with van der Waals surface area (Å²) in [4.78, 5) is 8.26. The molecule has 0 saturated heterocycles. The van der Waals surface area contributed by atoms with Crippen LogP contribution in [-0.4, -0.2) is 23.1 Å². The first-order chi connectivity index (χ1) is 8.95. The lowest BCUT2D eigenvalue weighted by Gasteiger charge is -2.06. The Kier molecular flexibility index (Phi) is 5.30. The van der Waals surface area contributed by atoms with E-state index in [0.29, 0.717) is 0 Å². The highest BCUT2D eigenvalue weighted by molar-refractivity contribution is 5.09. The monoisotopic (exact) mass is 242 g/mol. The van der Waals surface area contributed by atoms with E-state index >= 15 is 0 Å². The summed E-state index contributed by atoms with van der Waals surface area (Å²) in [7, 11) is 0. The van der Waals surface area contributed by atoms with Crippen LogP contribution in [-0.2, 0) is 12.8 Å². The van der Waals surface area contributed by atoms with Gasteiger partial charge in [0.1, 0.15) is 0 Å². The molecule has 2 aromatic heterocycles. The molecule has 2 heterocycles. The van der Waals surface area contributed by atoms with Gasteiger partial charge >= 0.3 is 0 Å². The fourth-order valence-electron chi connectivity index (χ4n) is 1.67. The molecule has 0 radical (unpaired) electrons. The second-order valence-corrected chi connectivity index (χ2v) is 4.03. The van der Waals surface area contributed by atoms with Gasteiger partial charge < -0.3 is 0 Å². The van der Waals surface area contributed by atoms with Gasteiger partial charge in [-0.2, -0.15) is 0 Å². The molecule has 0 fully saturated rings. The summed E-state index contributed by atoms with van der Waals surface area (Å²) >= 11 is 0. The molecule has 0 aliphatic rings. The smallest absolute Gasteiger partial charge is 0.0416 e. The maximum absolute atomic E-state index is 4.27. The second kappa shape index (κ2) is 7.53. The fraction of sp³-hybridized carbons (Fsp3) is 0.286. The Bertz CT molecular complexity index is 387. The molecule has 2 rings (SSSR count). The molecule has 94 valence electrons. The Morgan fingerprint density at radius 1 is 0.833 bits per heavy atom. The third kappa shape index (κ3) is 4.61. The fourth-order valence-corrected chi connectivity index (χ4v) is 1.67. The molecule has 0 unspecified atom stereocenters. The molecular formula is C14H18N4. The van der Waals surface area contributed by atoms with Gasteiger partial charge in [-0.3, -0.25) is 20.8 Å². The lowest BCUT2D eigenvalue weighted by Crippen LogP contribution is -2.35. The molecule has 4 heteroatoms. The van der Waals surface area contributed by atoms with E-state index in [1.807, 2.05) is 48.9 Å². The predicted molar refractivity (Wildman–Crippen MR) is 71.9 cm³/mol. The van der Waals surface area contributed by atoms with Gasteiger partial charge in [0.15, 0.2) is 0 Å². The van der Waals surface area contributed by atoms with Crippen molar-refractivity contribution in [3.8, 4) is 0 Å². The van der Waals surface area contributed by atoms with E-state index in [4.69, 9.17) is 0 Å². The van der Waals surface area contributed by atoms with Gasteiger partial charge in [-0.15, -0.1) is 0 Å². The second-order valence-electron chi connectivity index (χ2n) is 4.03. The number of hydrogen-bond donors (Lipinski definition) is 2. The molecule has 4 nitrogen and oxygen atoms in total. The lowest BCUT2D eigenvalue weighted by molar-refractivity contribution is 0.534. The van der Waals surface area contributed by atoms with Crippen LogP contribution >= 0.6 is 0 Å². The van der Waals surface area contributed by atoms with Crippen LogP contribution in [0.2, 0.25) is 0 Å². The van der Waals surface area contributed by atoms with Gasteiger partial charge in [-0.1, -0.05) is 6.07 Å². The highest BCUT2D eigenvalue weighted by Crippen LogP contribution is 1.95. The molecule has 0 bridgehead atoms. The van der Waals surface area contributed by atoms with E-state index in [2.05, 4.69) is 20.8 Å². The van der Waals surface area contributed by atoms with Gasteiger partial charge in [-0.25, -0.2) is 0 Å². The van der Waals surface area contributed by atoms with E-state index in [9.17, 15) is 0 Å². The molecule has 0 spiro atoms. The van der Waals surface area contributed by atoms with E-state index in [-0.39, 0.29) is 0 Å². The van der Waals surface area contributed by atoms with Crippen LogP contribution in [0.3, 0.4) is 0 Å². The molecule has 2 aromatic rings. The summed E-state index contributed by atoms with van der Waals surface area (Å²) in [6, 6.07) is 10.1. The number of rotatable bonds is 7. The maximum Gasteiger partial charge on any atom is 0.0416 e. The van der Waals surface area contributed by atoms with Crippen molar-refractivity contribution in [2.24, 2.45) is 0 Å². The highest BCUT2D eigenvalue weighted by Gasteiger charge is 1.93. The Hall–Kier alpha value is -1.78. The molecule has 0 aromatic carbocycles. The minimum atomic E-state index is 0.882. The molecule has 18 heavy (non-hydrogen) atoms. The zero-order chi connectivity index (χ0) is 12.5. The summed E-state index contributed by atoms with van der Waals surface area (Å²) < 4.78 is 0. The quantitative estimate of drug-likeness (QED) is 0.568. The lowest BCUT2D eigenvalue weighted by atomic mass is 10.2. The average molecular weight is 242 g/mol. The van der Waals surface area contributed by atoms with E-state index in [1.54, 1.807) is 0 Å². The minimum absolute atomic E-state index is 0.882. The Balaban J connectivity index is 1.54. The third-order valence-electron chi connectivity index (χ3n) is 2.65. The van der Waals surface area contributed by atoms with Crippen molar-refractivity contribution in [2.75, 3.05) is 13.1 Å². The van der Waals surface area contributed by atoms with Crippen molar-refractivity contribution in [2.45, 2.75) is 12.8 Å². The highest BCUT2D eigenvalue weighted by atomic mass is 15.3. The first-order valence-corrected chi connectivity index (χ1v) is 6.20. The maximum atomic E-state index is 4.27. The number of nitrogens with zero attached hydrogens (tertiary/aromatic N) is 2. The van der Waals surface area contributed by atoms with Crippen molar-refractivity contribution < 1.29 is 0 Å². The number of nitrogens with one attached hydrogen (secondary N) is 2. The van der Waals surface area contributed by atoms with Crippen LogP contribution in [0.15, 0.2) is 48.9 Å². The van der Waals surface area contributed by atoms with Crippen LogP contribution < -0.4 is 10.9 Å². The van der Waals surface area contributed by atoms with Crippen LogP contribution in [0, 0.1) is 0 Å². The zero-order valence-electron chi connectivity index (χ0n) is 10.3. The largest absolute Gasteiger partial charge is 0.265 e. The molecule has 0 atom stereocenters. The zero-order valence-corrected chi connectivity index (χ0v) is 10.3. The Morgan fingerprint density at radius 2 is 1.61 bits per heavy atom. The molecular weight excluding hydrogens is 224 g/mol. The summed E-state index contributed by atoms with van der Waals surface area (Å²) in [6.45, 7) is 1.79. The van der Waals surface area contributed by atoms with Gasteiger partial charge in [0.2, 0.25) is 0 Å². The summed E-state index contributed by atoms with van der Waals surface area (Å²) in [5, 5.41) is 0. The summed E-state index contributed by atoms with van der Waals surface area (Å²) in [5.74, 6) is 0. The van der Waals surface area contributed by atoms with E-state index < -0.39 is 0 Å². The Morgan fingerprint density at radius 3 is 2.33 bits per heavy atom. The topological polar surface area (TPSA) is 49.8 Å². The summed E-state index contributed by atoms with van der Waals surface area (Å²) in [5.41, 5.74) is 8.81. The van der Waals surface area contributed by atoms with Crippen molar-refractivity contribution >= 4 is 0 Å². The number of aromatic nitrogens is 2. The molecule has 0 amide bonds. The number of hydrogen-bond acceptors (Lipinski definition) is 4. The minimum Gasteiger partial charge on any atom is -0.265 e. The average Bonchev–Trinajstić information content (AvgIpc) is 2.45. The van der Waals surface area contributed by atoms with Gasteiger partial charge in [0.25, 0.3) is 0 Å². The first kappa shape index (κ1) is 12.7. The molecule has 0 saturated carbocycles. The standard InChI is InChI=1S/C14H18N4/c1-2-8-16-14(3-1)7-12-18-17-11-6-13-4-9-15-10-5-13/h1-5,8-10,17-18H,6-7,11-12H2. The van der Waals surface area contributed by atoms with Crippen molar-refractivity contribution in [1.82, 2.24) is 20.8 Å². The summed E-state index contributed by atoms with van der Waals surface area (Å²) in [6.07, 6.45) is 7.40. The van der Waals surface area contributed by atoms with Crippen LogP contribution in [0.1, 0.15) is 11.3 Å². The van der Waals surface area contributed by atoms with Gasteiger partial charge in [-0.05, 0) is 36.2 Å². The van der Waals surface area contributed by atoms with Gasteiger partial charge in [0, 0.05) is 43.8 Å². The van der Waals surface area contributed by atoms with Crippen LogP contribution in [0.5, 0.6) is 0 Å². The molecule has 2 N–H and O–H groups in total. The number of hydrazine groups is 1. The van der Waals surface area contributed by atoms with Crippen molar-refractivity contribution in [3.05, 3.63) is 60.2 Å². The normalized spacial score (nSPS) is 10.4. The Labute approximate surface area is 107 Å². The van der Waals surface area contributed by atoms with E-state index in [0.717, 1.165) is 31.6 Å². The van der Waals surface area contributed by atoms with Crippen molar-refractivity contribution in [3.63, 3.8) is 0 Å². The van der Waals surface area contributed by atoms with Crippen molar-refractivity contribution in [1.29, 1.82) is 0 Å². The first-order valence-electron chi connectivity index (χ1n) is 6.20. The predicted octanol–water partition coefficient (Wildman–Crippen LogP) is 1.36. The third-order valence-corrected chi connectivity index (χ3v) is 2.65. The van der Waals surface area contributed by atoms with Crippen LogP contribution in [0.25, 0.3) is 0 Å². The van der Waals surface area contributed by atoms with E-state index in [1.165, 1.54) is 5.56 Å².